The highest BCUT2D eigenvalue weighted by atomic mass is 35.5. The highest BCUT2D eigenvalue weighted by Gasteiger charge is 2.12. The summed E-state index contributed by atoms with van der Waals surface area (Å²) < 4.78 is 1.28. The van der Waals surface area contributed by atoms with Crippen molar-refractivity contribution in [1.29, 1.82) is 0 Å². The number of amides is 1. The molecule has 7 heteroatoms. The predicted octanol–water partition coefficient (Wildman–Crippen LogP) is 3.04. The fourth-order valence-corrected chi connectivity index (χ4v) is 3.51. The van der Waals surface area contributed by atoms with E-state index in [4.69, 9.17) is 11.6 Å². The maximum absolute atomic E-state index is 12.2. The fourth-order valence-electron chi connectivity index (χ4n) is 2.61. The van der Waals surface area contributed by atoms with Gasteiger partial charge in [-0.3, -0.25) is 9.59 Å². The molecule has 3 rings (SSSR count). The monoisotopic (exact) mass is 387 g/mol. The molecule has 5 nitrogen and oxygen atoms in total. The average molecular weight is 388 g/mol. The van der Waals surface area contributed by atoms with Crippen molar-refractivity contribution >= 4 is 40.0 Å². The van der Waals surface area contributed by atoms with Crippen LogP contribution in [0.3, 0.4) is 0 Å². The number of thioether (sulfide) groups is 1. The second-order valence-electron chi connectivity index (χ2n) is 5.75. The van der Waals surface area contributed by atoms with Gasteiger partial charge in [-0.25, -0.2) is 4.68 Å². The largest absolute Gasteiger partial charge is 0.355 e. The Morgan fingerprint density at radius 1 is 1.15 bits per heavy atom. The van der Waals surface area contributed by atoms with Crippen LogP contribution in [0.5, 0.6) is 0 Å². The number of carbonyl (C=O) groups excluding carboxylic acids is 1. The third kappa shape index (κ3) is 4.45. The molecule has 0 fully saturated rings. The number of fused-ring (bicyclic) bond motifs is 1. The molecule has 3 aromatic rings. The third-order valence-electron chi connectivity index (χ3n) is 3.87. The van der Waals surface area contributed by atoms with E-state index in [1.54, 1.807) is 24.9 Å². The standard InChI is InChI=1S/C19H18ClN3O2S/c1-23-19(25)16-5-3-2-4-15(16)17(22-23)12-18(24)21-10-11-26-14-8-6-13(20)7-9-14/h2-9H,10-12H2,1H3,(H,21,24). The van der Waals surface area contributed by atoms with E-state index in [2.05, 4.69) is 10.4 Å². The Morgan fingerprint density at radius 2 is 1.85 bits per heavy atom. The van der Waals surface area contributed by atoms with Crippen LogP contribution < -0.4 is 10.9 Å². The summed E-state index contributed by atoms with van der Waals surface area (Å²) in [5, 5.41) is 9.16. The summed E-state index contributed by atoms with van der Waals surface area (Å²) in [5.74, 6) is 0.646. The van der Waals surface area contributed by atoms with E-state index < -0.39 is 0 Å². The first kappa shape index (κ1) is 18.5. The number of halogens is 1. The number of aryl methyl sites for hydroxylation is 1. The van der Waals surface area contributed by atoms with Crippen LogP contribution in [0.2, 0.25) is 5.02 Å². The van der Waals surface area contributed by atoms with Gasteiger partial charge in [-0.15, -0.1) is 11.8 Å². The number of hydrogen-bond donors (Lipinski definition) is 1. The van der Waals surface area contributed by atoms with Gasteiger partial charge in [0.05, 0.1) is 17.5 Å². The van der Waals surface area contributed by atoms with Gasteiger partial charge in [0.25, 0.3) is 5.56 Å². The van der Waals surface area contributed by atoms with Crippen LogP contribution in [-0.2, 0) is 18.3 Å². The molecule has 0 bridgehead atoms. The van der Waals surface area contributed by atoms with E-state index in [0.717, 1.165) is 16.0 Å². The first-order valence-electron chi connectivity index (χ1n) is 8.14. The molecular formula is C19H18ClN3O2S. The molecule has 1 N–H and O–H groups in total. The summed E-state index contributed by atoms with van der Waals surface area (Å²) in [4.78, 5) is 25.5. The number of benzene rings is 2. The zero-order valence-corrected chi connectivity index (χ0v) is 15.8. The molecule has 134 valence electrons. The zero-order valence-electron chi connectivity index (χ0n) is 14.2. The lowest BCUT2D eigenvalue weighted by Crippen LogP contribution is -2.29. The molecule has 0 saturated heterocycles. The van der Waals surface area contributed by atoms with Gasteiger partial charge in [-0.05, 0) is 30.3 Å². The van der Waals surface area contributed by atoms with Crippen LogP contribution in [0.15, 0.2) is 58.2 Å². The molecule has 0 saturated carbocycles. The highest BCUT2D eigenvalue weighted by molar-refractivity contribution is 7.99. The molecule has 0 radical (unpaired) electrons. The minimum atomic E-state index is -0.163. The summed E-state index contributed by atoms with van der Waals surface area (Å²) in [6.45, 7) is 0.551. The Kier molecular flexibility index (Phi) is 5.96. The summed E-state index contributed by atoms with van der Waals surface area (Å²) in [7, 11) is 1.60. The molecule has 1 amide bonds. The highest BCUT2D eigenvalue weighted by Crippen LogP contribution is 2.19. The molecule has 0 aliphatic carbocycles. The second kappa shape index (κ2) is 8.38. The lowest BCUT2D eigenvalue weighted by molar-refractivity contribution is -0.120. The molecule has 1 aromatic heterocycles. The van der Waals surface area contributed by atoms with Crippen LogP contribution in [0, 0.1) is 0 Å². The van der Waals surface area contributed by atoms with Crippen molar-refractivity contribution in [2.45, 2.75) is 11.3 Å². The molecule has 0 aliphatic heterocycles. The van der Waals surface area contributed by atoms with Gasteiger partial charge in [-0.1, -0.05) is 29.8 Å². The second-order valence-corrected chi connectivity index (χ2v) is 7.35. The molecule has 0 aliphatic rings. The predicted molar refractivity (Wildman–Crippen MR) is 106 cm³/mol. The smallest absolute Gasteiger partial charge is 0.274 e. The van der Waals surface area contributed by atoms with Crippen LogP contribution in [0.25, 0.3) is 10.8 Å². The number of nitrogens with zero attached hydrogens (tertiary/aromatic N) is 2. The van der Waals surface area contributed by atoms with Crippen molar-refractivity contribution < 1.29 is 4.79 Å². The number of aromatic nitrogens is 2. The molecular weight excluding hydrogens is 370 g/mol. The van der Waals surface area contributed by atoms with Crippen molar-refractivity contribution in [3.63, 3.8) is 0 Å². The number of hydrogen-bond acceptors (Lipinski definition) is 4. The van der Waals surface area contributed by atoms with Crippen LogP contribution in [0.1, 0.15) is 5.69 Å². The summed E-state index contributed by atoms with van der Waals surface area (Å²) in [6.07, 6.45) is 0.139. The minimum Gasteiger partial charge on any atom is -0.355 e. The summed E-state index contributed by atoms with van der Waals surface area (Å²) in [6, 6.07) is 14.8. The van der Waals surface area contributed by atoms with E-state index >= 15 is 0 Å². The Balaban J connectivity index is 1.58. The van der Waals surface area contributed by atoms with Gasteiger partial charge in [0.2, 0.25) is 5.91 Å². The van der Waals surface area contributed by atoms with Gasteiger partial charge in [0.15, 0.2) is 0 Å². The molecule has 26 heavy (non-hydrogen) atoms. The first-order chi connectivity index (χ1) is 12.5. The van der Waals surface area contributed by atoms with Crippen LogP contribution in [-0.4, -0.2) is 28.0 Å². The first-order valence-corrected chi connectivity index (χ1v) is 9.51. The molecule has 0 atom stereocenters. The van der Waals surface area contributed by atoms with Gasteiger partial charge in [0.1, 0.15) is 0 Å². The lowest BCUT2D eigenvalue weighted by atomic mass is 10.1. The van der Waals surface area contributed by atoms with Crippen molar-refractivity contribution in [1.82, 2.24) is 15.1 Å². The number of nitrogens with one attached hydrogen (secondary N) is 1. The Labute approximate surface area is 160 Å². The van der Waals surface area contributed by atoms with E-state index in [0.29, 0.717) is 22.6 Å². The lowest BCUT2D eigenvalue weighted by Gasteiger charge is -2.09. The normalized spacial score (nSPS) is 10.8. The van der Waals surface area contributed by atoms with E-state index in [1.807, 2.05) is 42.5 Å². The van der Waals surface area contributed by atoms with Crippen molar-refractivity contribution in [3.05, 3.63) is 69.6 Å². The van der Waals surface area contributed by atoms with Gasteiger partial charge >= 0.3 is 0 Å². The molecule has 0 spiro atoms. The number of carbonyl (C=O) groups is 1. The maximum atomic E-state index is 12.2. The fraction of sp³-hybridized carbons (Fsp3) is 0.211. The number of rotatable bonds is 6. The Morgan fingerprint density at radius 3 is 2.58 bits per heavy atom. The molecule has 0 unspecified atom stereocenters. The zero-order chi connectivity index (χ0) is 18.5. The Bertz CT molecular complexity index is 986. The van der Waals surface area contributed by atoms with Crippen molar-refractivity contribution in [2.24, 2.45) is 7.05 Å². The van der Waals surface area contributed by atoms with Gasteiger partial charge < -0.3 is 5.32 Å². The summed E-state index contributed by atoms with van der Waals surface area (Å²) >= 11 is 7.51. The van der Waals surface area contributed by atoms with Gasteiger partial charge in [-0.2, -0.15) is 5.10 Å². The Hall–Kier alpha value is -2.31. The van der Waals surface area contributed by atoms with E-state index in [1.165, 1.54) is 4.68 Å². The summed E-state index contributed by atoms with van der Waals surface area (Å²) in [5.41, 5.74) is 0.440. The van der Waals surface area contributed by atoms with Crippen molar-refractivity contribution in [3.8, 4) is 0 Å². The van der Waals surface area contributed by atoms with Gasteiger partial charge in [0, 0.05) is 34.6 Å². The SMILES string of the molecule is Cn1nc(CC(=O)NCCSc2ccc(Cl)cc2)c2ccccc2c1=O. The van der Waals surface area contributed by atoms with E-state index in [-0.39, 0.29) is 17.9 Å². The maximum Gasteiger partial charge on any atom is 0.274 e. The quantitative estimate of drug-likeness (QED) is 0.521. The van der Waals surface area contributed by atoms with E-state index in [9.17, 15) is 9.59 Å². The van der Waals surface area contributed by atoms with Crippen LogP contribution >= 0.6 is 23.4 Å². The van der Waals surface area contributed by atoms with Crippen molar-refractivity contribution in [2.75, 3.05) is 12.3 Å². The van der Waals surface area contributed by atoms with Crippen LogP contribution in [0.4, 0.5) is 0 Å². The minimum absolute atomic E-state index is 0.113. The average Bonchev–Trinajstić information content (AvgIpc) is 2.64. The topological polar surface area (TPSA) is 64.0 Å². The third-order valence-corrected chi connectivity index (χ3v) is 5.13. The molecule has 2 aromatic carbocycles. The molecule has 1 heterocycles.